The molecule has 0 saturated carbocycles. The zero-order chi connectivity index (χ0) is 18.9. The van der Waals surface area contributed by atoms with Gasteiger partial charge in [0, 0.05) is 24.2 Å². The Morgan fingerprint density at radius 2 is 1.65 bits per heavy atom. The molecule has 0 atom stereocenters. The molecule has 0 spiro atoms. The Hall–Kier alpha value is -2.56. The first kappa shape index (κ1) is 18.2. The third kappa shape index (κ3) is 3.82. The molecule has 0 fully saturated rings. The lowest BCUT2D eigenvalue weighted by Crippen LogP contribution is -2.12. The molecule has 0 saturated heterocycles. The van der Waals surface area contributed by atoms with E-state index in [1.165, 1.54) is 18.6 Å². The summed E-state index contributed by atoms with van der Waals surface area (Å²) in [5, 5.41) is 0.433. The molecule has 0 aliphatic carbocycles. The van der Waals surface area contributed by atoms with Crippen molar-refractivity contribution in [1.82, 2.24) is 4.57 Å². The average molecular weight is 359 g/mol. The summed E-state index contributed by atoms with van der Waals surface area (Å²) in [6.45, 7) is 1.39. The average Bonchev–Trinajstić information content (AvgIpc) is 2.93. The fourth-order valence-corrected chi connectivity index (χ4v) is 3.46. The van der Waals surface area contributed by atoms with Crippen molar-refractivity contribution in [3.63, 3.8) is 0 Å². The van der Waals surface area contributed by atoms with Crippen molar-refractivity contribution in [1.29, 1.82) is 0 Å². The van der Waals surface area contributed by atoms with Crippen LogP contribution in [0.3, 0.4) is 0 Å². The number of alkyl halides is 3. The lowest BCUT2D eigenvalue weighted by atomic mass is 9.96. The molecule has 5 heteroatoms. The predicted octanol–water partition coefficient (Wildman–Crippen LogP) is 5.27. The van der Waals surface area contributed by atoms with Crippen LogP contribution < -0.4 is 0 Å². The highest BCUT2D eigenvalue weighted by Gasteiger charge is 2.30. The summed E-state index contributed by atoms with van der Waals surface area (Å²) < 4.78 is 40.7. The summed E-state index contributed by atoms with van der Waals surface area (Å²) in [4.78, 5) is 12.0. The van der Waals surface area contributed by atoms with Gasteiger partial charge in [-0.05, 0) is 36.5 Å². The standard InChI is InChI=1S/C21H20F3NO/c1-14(26)18-13-25(2)20-16(9-8-15-6-4-3-5-7-15)10-11-17(19(18)20)12-21(22,23)24/h3-7,10-11,13H,8-9,12H2,1-2H3. The molecule has 2 nitrogen and oxygen atoms in total. The topological polar surface area (TPSA) is 22.0 Å². The maximum Gasteiger partial charge on any atom is 0.393 e. The van der Waals surface area contributed by atoms with Gasteiger partial charge in [0.25, 0.3) is 0 Å². The number of fused-ring (bicyclic) bond motifs is 1. The Morgan fingerprint density at radius 3 is 2.27 bits per heavy atom. The third-order valence-electron chi connectivity index (χ3n) is 4.59. The molecule has 1 aromatic heterocycles. The molecule has 2 aromatic carbocycles. The highest BCUT2D eigenvalue weighted by atomic mass is 19.4. The van der Waals surface area contributed by atoms with Crippen molar-refractivity contribution in [2.75, 3.05) is 0 Å². The second-order valence-electron chi connectivity index (χ2n) is 6.59. The molecule has 0 aliphatic rings. The SMILES string of the molecule is CC(=O)c1cn(C)c2c(CCc3ccccc3)ccc(CC(F)(F)F)c12. The zero-order valence-corrected chi connectivity index (χ0v) is 14.7. The van der Waals surface area contributed by atoms with E-state index in [2.05, 4.69) is 0 Å². The van der Waals surface area contributed by atoms with Gasteiger partial charge in [-0.3, -0.25) is 4.79 Å². The molecule has 136 valence electrons. The van der Waals surface area contributed by atoms with Gasteiger partial charge in [-0.15, -0.1) is 0 Å². The smallest absolute Gasteiger partial charge is 0.350 e. The van der Waals surface area contributed by atoms with Crippen LogP contribution in [-0.4, -0.2) is 16.5 Å². The van der Waals surface area contributed by atoms with Crippen LogP contribution in [0, 0.1) is 0 Å². The van der Waals surface area contributed by atoms with Crippen molar-refractivity contribution in [3.05, 3.63) is 70.9 Å². The highest BCUT2D eigenvalue weighted by Crippen LogP contribution is 2.33. The number of aromatic nitrogens is 1. The number of halogens is 3. The van der Waals surface area contributed by atoms with E-state index in [9.17, 15) is 18.0 Å². The van der Waals surface area contributed by atoms with Gasteiger partial charge >= 0.3 is 6.18 Å². The quantitative estimate of drug-likeness (QED) is 0.569. The maximum atomic E-state index is 13.0. The van der Waals surface area contributed by atoms with Gasteiger partial charge in [-0.25, -0.2) is 0 Å². The Bertz CT molecular complexity index is 939. The first-order valence-electron chi connectivity index (χ1n) is 8.47. The summed E-state index contributed by atoms with van der Waals surface area (Å²) in [6.07, 6.45) is -2.23. The van der Waals surface area contributed by atoms with Crippen LogP contribution in [0.15, 0.2) is 48.7 Å². The Morgan fingerprint density at radius 1 is 1.00 bits per heavy atom. The minimum atomic E-state index is -4.32. The number of aryl methyl sites for hydroxylation is 3. The van der Waals surface area contributed by atoms with E-state index in [1.807, 2.05) is 30.3 Å². The van der Waals surface area contributed by atoms with Gasteiger partial charge in [0.15, 0.2) is 5.78 Å². The first-order valence-corrected chi connectivity index (χ1v) is 8.47. The van der Waals surface area contributed by atoms with Crippen molar-refractivity contribution in [2.24, 2.45) is 7.05 Å². The lowest BCUT2D eigenvalue weighted by Gasteiger charge is -2.13. The predicted molar refractivity (Wildman–Crippen MR) is 96.5 cm³/mol. The van der Waals surface area contributed by atoms with Gasteiger partial charge in [0.1, 0.15) is 0 Å². The molecule has 0 amide bonds. The molecule has 0 radical (unpaired) electrons. The van der Waals surface area contributed by atoms with Gasteiger partial charge in [-0.1, -0.05) is 42.5 Å². The highest BCUT2D eigenvalue weighted by molar-refractivity contribution is 6.09. The largest absolute Gasteiger partial charge is 0.393 e. The first-order chi connectivity index (χ1) is 12.3. The van der Waals surface area contributed by atoms with Gasteiger partial charge in [0.2, 0.25) is 0 Å². The number of benzene rings is 2. The van der Waals surface area contributed by atoms with E-state index >= 15 is 0 Å². The number of hydrogen-bond donors (Lipinski definition) is 0. The number of ketones is 1. The Labute approximate surface area is 150 Å². The molecule has 3 aromatic rings. The fraction of sp³-hybridized carbons (Fsp3) is 0.286. The van der Waals surface area contributed by atoms with Crippen LogP contribution in [0.25, 0.3) is 10.9 Å². The van der Waals surface area contributed by atoms with Crippen LogP contribution in [0.5, 0.6) is 0 Å². The van der Waals surface area contributed by atoms with Crippen LogP contribution >= 0.6 is 0 Å². The van der Waals surface area contributed by atoms with E-state index in [-0.39, 0.29) is 11.3 Å². The number of carbonyl (C=O) groups excluding carboxylic acids is 1. The molecule has 0 bridgehead atoms. The molecule has 0 aliphatic heterocycles. The zero-order valence-electron chi connectivity index (χ0n) is 14.7. The molecule has 0 N–H and O–H groups in total. The van der Waals surface area contributed by atoms with Crippen LogP contribution in [-0.2, 0) is 26.3 Å². The van der Waals surface area contributed by atoms with Crippen LogP contribution in [0.4, 0.5) is 13.2 Å². The second kappa shape index (κ2) is 6.98. The summed E-state index contributed by atoms with van der Waals surface area (Å²) >= 11 is 0. The molecule has 1 heterocycles. The van der Waals surface area contributed by atoms with Gasteiger partial charge in [0.05, 0.1) is 11.9 Å². The fourth-order valence-electron chi connectivity index (χ4n) is 3.46. The van der Waals surface area contributed by atoms with E-state index in [4.69, 9.17) is 0 Å². The number of nitrogens with zero attached hydrogens (tertiary/aromatic N) is 1. The summed E-state index contributed by atoms with van der Waals surface area (Å²) in [5.74, 6) is -0.223. The molecule has 26 heavy (non-hydrogen) atoms. The summed E-state index contributed by atoms with van der Waals surface area (Å²) in [6, 6.07) is 13.2. The Balaban J connectivity index is 2.08. The minimum absolute atomic E-state index is 0.154. The molecular formula is C21H20F3NO. The number of rotatable bonds is 5. The van der Waals surface area contributed by atoms with E-state index < -0.39 is 12.6 Å². The van der Waals surface area contributed by atoms with Crippen molar-refractivity contribution in [3.8, 4) is 0 Å². The van der Waals surface area contributed by atoms with E-state index in [0.29, 0.717) is 22.9 Å². The van der Waals surface area contributed by atoms with Crippen molar-refractivity contribution >= 4 is 16.7 Å². The molecule has 3 rings (SSSR count). The lowest BCUT2D eigenvalue weighted by molar-refractivity contribution is -0.127. The summed E-state index contributed by atoms with van der Waals surface area (Å²) in [7, 11) is 1.78. The van der Waals surface area contributed by atoms with Crippen molar-refractivity contribution < 1.29 is 18.0 Å². The van der Waals surface area contributed by atoms with Gasteiger partial charge < -0.3 is 4.57 Å². The normalized spacial score (nSPS) is 11.9. The van der Waals surface area contributed by atoms with Crippen molar-refractivity contribution in [2.45, 2.75) is 32.4 Å². The number of hydrogen-bond acceptors (Lipinski definition) is 1. The molecule has 0 unspecified atom stereocenters. The van der Waals surface area contributed by atoms with E-state index in [0.717, 1.165) is 12.0 Å². The van der Waals surface area contributed by atoms with Crippen LogP contribution in [0.1, 0.15) is 34.0 Å². The van der Waals surface area contributed by atoms with Gasteiger partial charge in [-0.2, -0.15) is 13.2 Å². The number of carbonyl (C=O) groups is 1. The van der Waals surface area contributed by atoms with Crippen LogP contribution in [0.2, 0.25) is 0 Å². The second-order valence-corrected chi connectivity index (χ2v) is 6.59. The summed E-state index contributed by atoms with van der Waals surface area (Å²) in [5.41, 5.74) is 3.34. The number of Topliss-reactive ketones (excluding diaryl/α,β-unsaturated/α-hetero) is 1. The minimum Gasteiger partial charge on any atom is -0.350 e. The monoisotopic (exact) mass is 359 g/mol. The van der Waals surface area contributed by atoms with E-state index in [1.54, 1.807) is 23.9 Å². The Kier molecular flexibility index (Phi) is 4.90. The molecular weight excluding hydrogens is 339 g/mol. The maximum absolute atomic E-state index is 13.0. The third-order valence-corrected chi connectivity index (χ3v) is 4.59.